The number of phenolic OH excluding ortho intramolecular Hbond substituents is 1. The Balaban J connectivity index is 2.15. The molecule has 1 atom stereocenters. The van der Waals surface area contributed by atoms with E-state index in [-0.39, 0.29) is 17.2 Å². The summed E-state index contributed by atoms with van der Waals surface area (Å²) >= 11 is 0. The molecule has 2 rings (SSSR count). The molecule has 1 aliphatic carbocycles. The first-order chi connectivity index (χ1) is 8.49. The summed E-state index contributed by atoms with van der Waals surface area (Å²) in [7, 11) is 0. The quantitative estimate of drug-likeness (QED) is 0.750. The third-order valence-electron chi connectivity index (χ3n) is 3.04. The number of carbonyl (C=O) groups excluding carboxylic acids is 1. The monoisotopic (exact) mass is 249 g/mol. The number of amides is 1. The largest absolute Gasteiger partial charge is 0.507 e. The van der Waals surface area contributed by atoms with Crippen molar-refractivity contribution < 1.29 is 19.8 Å². The maximum absolute atomic E-state index is 11.9. The molecule has 1 amide bonds. The first-order valence-electron chi connectivity index (χ1n) is 5.82. The van der Waals surface area contributed by atoms with Gasteiger partial charge < -0.3 is 15.5 Å². The third kappa shape index (κ3) is 2.61. The van der Waals surface area contributed by atoms with Crippen LogP contribution in [0.1, 0.15) is 28.8 Å². The van der Waals surface area contributed by atoms with E-state index in [9.17, 15) is 14.7 Å². The second-order valence-electron chi connectivity index (χ2n) is 4.65. The topological polar surface area (TPSA) is 86.6 Å². The average molecular weight is 249 g/mol. The van der Waals surface area contributed by atoms with Crippen LogP contribution >= 0.6 is 0 Å². The van der Waals surface area contributed by atoms with Crippen molar-refractivity contribution in [2.45, 2.75) is 25.8 Å². The summed E-state index contributed by atoms with van der Waals surface area (Å²) < 4.78 is 0. The molecule has 0 spiro atoms. The van der Waals surface area contributed by atoms with Crippen LogP contribution in [-0.2, 0) is 4.79 Å². The first-order valence-corrected chi connectivity index (χ1v) is 5.82. The average Bonchev–Trinajstić information content (AvgIpc) is 3.12. The number of benzene rings is 1. The van der Waals surface area contributed by atoms with Crippen LogP contribution in [0.2, 0.25) is 0 Å². The summed E-state index contributed by atoms with van der Waals surface area (Å²) in [5.41, 5.74) is 0.943. The van der Waals surface area contributed by atoms with Gasteiger partial charge in [-0.05, 0) is 37.8 Å². The molecule has 5 heteroatoms. The summed E-state index contributed by atoms with van der Waals surface area (Å²) in [6.45, 7) is 1.80. The van der Waals surface area contributed by atoms with Gasteiger partial charge in [-0.1, -0.05) is 11.6 Å². The molecule has 0 bridgehead atoms. The molecular weight excluding hydrogens is 234 g/mol. The summed E-state index contributed by atoms with van der Waals surface area (Å²) in [5, 5.41) is 21.1. The van der Waals surface area contributed by atoms with Gasteiger partial charge in [0.1, 0.15) is 11.8 Å². The fraction of sp³-hybridized carbons (Fsp3) is 0.385. The molecule has 18 heavy (non-hydrogen) atoms. The van der Waals surface area contributed by atoms with E-state index in [2.05, 4.69) is 5.32 Å². The van der Waals surface area contributed by atoms with Crippen LogP contribution in [0.25, 0.3) is 0 Å². The number of carbonyl (C=O) groups is 2. The molecule has 1 unspecified atom stereocenters. The second-order valence-corrected chi connectivity index (χ2v) is 4.65. The van der Waals surface area contributed by atoms with Gasteiger partial charge in [0, 0.05) is 0 Å². The molecule has 96 valence electrons. The number of hydrogen-bond acceptors (Lipinski definition) is 3. The van der Waals surface area contributed by atoms with Crippen LogP contribution in [0, 0.1) is 12.8 Å². The van der Waals surface area contributed by atoms with Crippen LogP contribution in [0.4, 0.5) is 0 Å². The lowest BCUT2D eigenvalue weighted by Gasteiger charge is -2.14. The molecular formula is C13H15NO4. The molecule has 0 heterocycles. The van der Waals surface area contributed by atoms with Crippen LogP contribution in [0.15, 0.2) is 18.2 Å². The molecule has 0 aromatic heterocycles. The number of nitrogens with one attached hydrogen (secondary N) is 1. The minimum atomic E-state index is -1.03. The number of carboxylic acid groups (broad SMARTS) is 1. The Morgan fingerprint density at radius 2 is 2.06 bits per heavy atom. The molecule has 0 saturated heterocycles. The molecule has 1 aromatic rings. The Labute approximate surface area is 104 Å². The zero-order valence-corrected chi connectivity index (χ0v) is 10.0. The van der Waals surface area contributed by atoms with Gasteiger partial charge in [-0.3, -0.25) is 4.79 Å². The lowest BCUT2D eigenvalue weighted by molar-refractivity contribution is -0.139. The van der Waals surface area contributed by atoms with Crippen LogP contribution < -0.4 is 5.32 Å². The first kappa shape index (κ1) is 12.4. The molecule has 1 aliphatic rings. The van der Waals surface area contributed by atoms with E-state index < -0.39 is 17.9 Å². The molecule has 5 nitrogen and oxygen atoms in total. The minimum Gasteiger partial charge on any atom is -0.507 e. The standard InChI is InChI=1S/C13H15NO4/c1-7-2-5-10(15)9(6-7)12(16)14-11(13(17)18)8-3-4-8/h2,5-6,8,11,15H,3-4H2,1H3,(H,14,16)(H,17,18). The summed E-state index contributed by atoms with van der Waals surface area (Å²) in [4.78, 5) is 23.0. The van der Waals surface area contributed by atoms with Gasteiger partial charge in [0.2, 0.25) is 0 Å². The number of phenols is 1. The number of aliphatic carboxylic acids is 1. The van der Waals surface area contributed by atoms with E-state index in [0.29, 0.717) is 0 Å². The Kier molecular flexibility index (Phi) is 3.23. The normalized spacial score (nSPS) is 16.1. The van der Waals surface area contributed by atoms with Gasteiger partial charge in [-0.2, -0.15) is 0 Å². The Morgan fingerprint density at radius 1 is 1.39 bits per heavy atom. The van der Waals surface area contributed by atoms with E-state index in [1.54, 1.807) is 13.0 Å². The van der Waals surface area contributed by atoms with Gasteiger partial charge in [0.15, 0.2) is 0 Å². The van der Waals surface area contributed by atoms with Crippen molar-refractivity contribution in [3.63, 3.8) is 0 Å². The highest BCUT2D eigenvalue weighted by Crippen LogP contribution is 2.33. The van der Waals surface area contributed by atoms with E-state index >= 15 is 0 Å². The SMILES string of the molecule is Cc1ccc(O)c(C(=O)NC(C(=O)O)C2CC2)c1. The predicted octanol–water partition coefficient (Wildman–Crippen LogP) is 1.29. The van der Waals surface area contributed by atoms with E-state index in [1.165, 1.54) is 12.1 Å². The summed E-state index contributed by atoms with van der Waals surface area (Å²) in [6, 6.07) is 3.78. The highest BCUT2D eigenvalue weighted by atomic mass is 16.4. The number of hydrogen-bond donors (Lipinski definition) is 3. The van der Waals surface area contributed by atoms with E-state index in [0.717, 1.165) is 18.4 Å². The van der Waals surface area contributed by atoms with Gasteiger partial charge >= 0.3 is 5.97 Å². The van der Waals surface area contributed by atoms with E-state index in [4.69, 9.17) is 5.11 Å². The van der Waals surface area contributed by atoms with Crippen LogP contribution in [0.5, 0.6) is 5.75 Å². The molecule has 0 radical (unpaired) electrons. The molecule has 0 aliphatic heterocycles. The fourth-order valence-corrected chi connectivity index (χ4v) is 1.86. The zero-order chi connectivity index (χ0) is 13.3. The van der Waals surface area contributed by atoms with Crippen molar-refractivity contribution in [1.82, 2.24) is 5.32 Å². The van der Waals surface area contributed by atoms with E-state index in [1.807, 2.05) is 0 Å². The maximum atomic E-state index is 11.9. The minimum absolute atomic E-state index is 0.0124. The van der Waals surface area contributed by atoms with Crippen LogP contribution in [0.3, 0.4) is 0 Å². The fourth-order valence-electron chi connectivity index (χ4n) is 1.86. The number of aryl methyl sites for hydroxylation is 1. The van der Waals surface area contributed by atoms with Gasteiger partial charge in [-0.25, -0.2) is 4.79 Å². The van der Waals surface area contributed by atoms with Crippen molar-refractivity contribution in [3.05, 3.63) is 29.3 Å². The molecule has 1 fully saturated rings. The second kappa shape index (κ2) is 4.68. The third-order valence-corrected chi connectivity index (χ3v) is 3.04. The Bertz CT molecular complexity index is 494. The van der Waals surface area contributed by atoms with Crippen LogP contribution in [-0.4, -0.2) is 28.1 Å². The maximum Gasteiger partial charge on any atom is 0.326 e. The number of carboxylic acids is 1. The molecule has 1 saturated carbocycles. The van der Waals surface area contributed by atoms with Crippen molar-refractivity contribution in [1.29, 1.82) is 0 Å². The van der Waals surface area contributed by atoms with Crippen molar-refractivity contribution in [3.8, 4) is 5.75 Å². The smallest absolute Gasteiger partial charge is 0.326 e. The highest BCUT2D eigenvalue weighted by Gasteiger charge is 2.37. The lowest BCUT2D eigenvalue weighted by Crippen LogP contribution is -2.42. The molecule has 1 aromatic carbocycles. The van der Waals surface area contributed by atoms with Crippen molar-refractivity contribution in [2.75, 3.05) is 0 Å². The van der Waals surface area contributed by atoms with Crippen molar-refractivity contribution in [2.24, 2.45) is 5.92 Å². The molecule has 3 N–H and O–H groups in total. The Hall–Kier alpha value is -2.04. The van der Waals surface area contributed by atoms with Gasteiger partial charge in [0.05, 0.1) is 5.56 Å². The van der Waals surface area contributed by atoms with Crippen molar-refractivity contribution >= 4 is 11.9 Å². The predicted molar refractivity (Wildman–Crippen MR) is 64.5 cm³/mol. The lowest BCUT2D eigenvalue weighted by atomic mass is 10.1. The highest BCUT2D eigenvalue weighted by molar-refractivity contribution is 5.99. The number of aromatic hydroxyl groups is 1. The number of rotatable bonds is 4. The zero-order valence-electron chi connectivity index (χ0n) is 10.0. The summed E-state index contributed by atoms with van der Waals surface area (Å²) in [6.07, 6.45) is 1.63. The van der Waals surface area contributed by atoms with Gasteiger partial charge in [-0.15, -0.1) is 0 Å². The Morgan fingerprint density at radius 3 is 2.61 bits per heavy atom. The summed E-state index contributed by atoms with van der Waals surface area (Å²) in [5.74, 6) is -1.70. The van der Waals surface area contributed by atoms with Gasteiger partial charge in [0.25, 0.3) is 5.91 Å².